The van der Waals surface area contributed by atoms with Gasteiger partial charge in [-0.3, -0.25) is 9.59 Å². The molecule has 5 nitrogen and oxygen atoms in total. The van der Waals surface area contributed by atoms with Crippen LogP contribution in [-0.2, 0) is 15.3 Å². The van der Waals surface area contributed by atoms with Gasteiger partial charge >= 0.3 is 5.97 Å². The van der Waals surface area contributed by atoms with Crippen molar-refractivity contribution in [3.05, 3.63) is 39.9 Å². The topological polar surface area (TPSA) is 72.0 Å². The molecule has 0 fully saturated rings. The molecule has 0 saturated carbocycles. The highest BCUT2D eigenvalue weighted by Gasteiger charge is 2.07. The molecule has 0 bridgehead atoms. The molecule has 0 aliphatic heterocycles. The van der Waals surface area contributed by atoms with E-state index < -0.39 is 0 Å². The van der Waals surface area contributed by atoms with E-state index in [1.807, 2.05) is 19.1 Å². The van der Waals surface area contributed by atoms with Crippen molar-refractivity contribution in [1.29, 1.82) is 0 Å². The molecule has 0 aliphatic rings. The molecule has 1 heterocycles. The number of esters is 1. The molecule has 0 atom stereocenters. The van der Waals surface area contributed by atoms with Crippen molar-refractivity contribution in [2.45, 2.75) is 19.6 Å². The minimum Gasteiger partial charge on any atom is -0.465 e. The fourth-order valence-electron chi connectivity index (χ4n) is 1.85. The summed E-state index contributed by atoms with van der Waals surface area (Å²) in [4.78, 5) is 30.4. The third-order valence-electron chi connectivity index (χ3n) is 2.75. The number of carbonyl (C=O) groups is 1. The zero-order chi connectivity index (χ0) is 14.5. The van der Waals surface area contributed by atoms with Crippen LogP contribution in [0, 0.1) is 6.92 Å². The molecule has 0 amide bonds. The van der Waals surface area contributed by atoms with Crippen LogP contribution in [0.2, 0.25) is 0 Å². The van der Waals surface area contributed by atoms with E-state index in [-0.39, 0.29) is 17.3 Å². The van der Waals surface area contributed by atoms with Gasteiger partial charge in [0.25, 0.3) is 5.56 Å². The smallest absolute Gasteiger partial charge is 0.315 e. The molecule has 1 N–H and O–H groups in total. The van der Waals surface area contributed by atoms with Crippen LogP contribution >= 0.6 is 11.8 Å². The zero-order valence-electron chi connectivity index (χ0n) is 11.4. The van der Waals surface area contributed by atoms with E-state index >= 15 is 0 Å². The number of hydrogen-bond acceptors (Lipinski definition) is 5. The van der Waals surface area contributed by atoms with Crippen LogP contribution in [0.3, 0.4) is 0 Å². The summed E-state index contributed by atoms with van der Waals surface area (Å²) in [6, 6.07) is 5.51. The van der Waals surface area contributed by atoms with Gasteiger partial charge in [-0.1, -0.05) is 12.1 Å². The van der Waals surface area contributed by atoms with Gasteiger partial charge in [0.1, 0.15) is 5.82 Å². The number of H-pyrrole nitrogens is 1. The predicted octanol–water partition coefficient (Wildman–Crippen LogP) is 2.03. The van der Waals surface area contributed by atoms with Gasteiger partial charge in [0.2, 0.25) is 0 Å². The SMILES string of the molecule is CCOC(=O)CSCc1nc2c(C)cccc2c(=O)[nH]1. The molecule has 0 spiro atoms. The van der Waals surface area contributed by atoms with Crippen LogP contribution in [0.15, 0.2) is 23.0 Å². The Bertz CT molecular complexity index is 682. The largest absolute Gasteiger partial charge is 0.465 e. The molecule has 0 aliphatic carbocycles. The van der Waals surface area contributed by atoms with Gasteiger partial charge in [0, 0.05) is 0 Å². The van der Waals surface area contributed by atoms with Crippen molar-refractivity contribution in [2.75, 3.05) is 12.4 Å². The Morgan fingerprint density at radius 1 is 1.45 bits per heavy atom. The van der Waals surface area contributed by atoms with E-state index in [1.165, 1.54) is 11.8 Å². The average Bonchev–Trinajstić information content (AvgIpc) is 2.40. The number of rotatable bonds is 5. The van der Waals surface area contributed by atoms with Gasteiger partial charge < -0.3 is 9.72 Å². The molecule has 20 heavy (non-hydrogen) atoms. The molecule has 1 aromatic carbocycles. The number of fused-ring (bicyclic) bond motifs is 1. The first-order valence-corrected chi connectivity index (χ1v) is 7.49. The lowest BCUT2D eigenvalue weighted by Crippen LogP contribution is -2.13. The number of nitrogens with zero attached hydrogens (tertiary/aromatic N) is 1. The summed E-state index contributed by atoms with van der Waals surface area (Å²) < 4.78 is 4.84. The third kappa shape index (κ3) is 3.39. The predicted molar refractivity (Wildman–Crippen MR) is 79.9 cm³/mol. The molecule has 106 valence electrons. The number of aromatic amines is 1. The fourth-order valence-corrected chi connectivity index (χ4v) is 2.54. The number of hydrogen-bond donors (Lipinski definition) is 1. The fraction of sp³-hybridized carbons (Fsp3) is 0.357. The summed E-state index contributed by atoms with van der Waals surface area (Å²) in [5, 5.41) is 0.587. The van der Waals surface area contributed by atoms with E-state index in [1.54, 1.807) is 13.0 Å². The van der Waals surface area contributed by atoms with E-state index in [9.17, 15) is 9.59 Å². The third-order valence-corrected chi connectivity index (χ3v) is 3.67. The standard InChI is InChI=1S/C14H16N2O3S/c1-3-19-12(17)8-20-7-11-15-13-9(2)5-4-6-10(13)14(18)16-11/h4-6H,3,7-8H2,1-2H3,(H,15,16,18). The number of benzene rings is 1. The maximum absolute atomic E-state index is 12.0. The molecule has 0 unspecified atom stereocenters. The normalized spacial score (nSPS) is 10.7. The Morgan fingerprint density at radius 3 is 3.00 bits per heavy atom. The molecule has 1 aromatic heterocycles. The van der Waals surface area contributed by atoms with Gasteiger partial charge in [-0.2, -0.15) is 0 Å². The van der Waals surface area contributed by atoms with Crippen LogP contribution < -0.4 is 5.56 Å². The van der Waals surface area contributed by atoms with Crippen LogP contribution in [0.5, 0.6) is 0 Å². The highest BCUT2D eigenvalue weighted by Crippen LogP contribution is 2.14. The number of ether oxygens (including phenoxy) is 1. The Hall–Kier alpha value is -1.82. The minimum absolute atomic E-state index is 0.148. The highest BCUT2D eigenvalue weighted by molar-refractivity contribution is 7.99. The lowest BCUT2D eigenvalue weighted by atomic mass is 10.1. The van der Waals surface area contributed by atoms with Crippen LogP contribution in [0.25, 0.3) is 10.9 Å². The summed E-state index contributed by atoms with van der Waals surface area (Å²) >= 11 is 1.37. The summed E-state index contributed by atoms with van der Waals surface area (Å²) in [6.07, 6.45) is 0. The summed E-state index contributed by atoms with van der Waals surface area (Å²) in [5.41, 5.74) is 1.53. The van der Waals surface area contributed by atoms with Gasteiger partial charge in [0.05, 0.1) is 29.0 Å². The maximum atomic E-state index is 12.0. The Morgan fingerprint density at radius 2 is 2.25 bits per heavy atom. The lowest BCUT2D eigenvalue weighted by molar-refractivity contribution is -0.139. The van der Waals surface area contributed by atoms with Gasteiger partial charge in [0.15, 0.2) is 0 Å². The van der Waals surface area contributed by atoms with E-state index in [0.717, 1.165) is 5.56 Å². The van der Waals surface area contributed by atoms with Crippen molar-refractivity contribution in [2.24, 2.45) is 0 Å². The van der Waals surface area contributed by atoms with Crippen LogP contribution in [0.1, 0.15) is 18.3 Å². The Kier molecular flexibility index (Phi) is 4.79. The first kappa shape index (κ1) is 14.6. The molecule has 2 aromatic rings. The second-order valence-corrected chi connectivity index (χ2v) is 5.27. The monoisotopic (exact) mass is 292 g/mol. The van der Waals surface area contributed by atoms with E-state index in [0.29, 0.717) is 29.1 Å². The van der Waals surface area contributed by atoms with E-state index in [2.05, 4.69) is 9.97 Å². The number of thioether (sulfide) groups is 1. The average molecular weight is 292 g/mol. The van der Waals surface area contributed by atoms with Crippen molar-refractivity contribution >= 4 is 28.6 Å². The van der Waals surface area contributed by atoms with Crippen LogP contribution in [0.4, 0.5) is 0 Å². The molecular weight excluding hydrogens is 276 g/mol. The van der Waals surface area contributed by atoms with Gasteiger partial charge in [-0.15, -0.1) is 11.8 Å². The summed E-state index contributed by atoms with van der Waals surface area (Å²) in [5.74, 6) is 1.05. The Balaban J connectivity index is 2.14. The number of aryl methyl sites for hydroxylation is 1. The number of para-hydroxylation sites is 1. The number of aromatic nitrogens is 2. The quantitative estimate of drug-likeness (QED) is 0.854. The summed E-state index contributed by atoms with van der Waals surface area (Å²) in [6.45, 7) is 4.07. The lowest BCUT2D eigenvalue weighted by Gasteiger charge is -2.05. The number of carbonyl (C=O) groups excluding carboxylic acids is 1. The van der Waals surface area contributed by atoms with Crippen molar-refractivity contribution in [3.63, 3.8) is 0 Å². The molecule has 2 rings (SSSR count). The second-order valence-electron chi connectivity index (χ2n) is 4.28. The van der Waals surface area contributed by atoms with Gasteiger partial charge in [-0.25, -0.2) is 4.98 Å². The second kappa shape index (κ2) is 6.56. The van der Waals surface area contributed by atoms with Crippen LogP contribution in [-0.4, -0.2) is 28.3 Å². The number of nitrogens with one attached hydrogen (secondary N) is 1. The Labute approximate surface area is 120 Å². The first-order valence-electron chi connectivity index (χ1n) is 6.33. The zero-order valence-corrected chi connectivity index (χ0v) is 12.3. The summed E-state index contributed by atoms with van der Waals surface area (Å²) in [7, 11) is 0. The van der Waals surface area contributed by atoms with Gasteiger partial charge in [-0.05, 0) is 25.5 Å². The van der Waals surface area contributed by atoms with Crippen molar-refractivity contribution in [1.82, 2.24) is 9.97 Å². The molecule has 0 radical (unpaired) electrons. The minimum atomic E-state index is -0.253. The molecule has 0 saturated heterocycles. The van der Waals surface area contributed by atoms with Crippen molar-refractivity contribution in [3.8, 4) is 0 Å². The molecule has 6 heteroatoms. The highest BCUT2D eigenvalue weighted by atomic mass is 32.2. The first-order chi connectivity index (χ1) is 9.61. The molecular formula is C14H16N2O3S. The van der Waals surface area contributed by atoms with Crippen molar-refractivity contribution < 1.29 is 9.53 Å². The van der Waals surface area contributed by atoms with E-state index in [4.69, 9.17) is 4.74 Å². The maximum Gasteiger partial charge on any atom is 0.315 e.